The molecule has 1 N–H and O–H groups in total. The number of carbonyl (C=O) groups is 1. The molecule has 25 heavy (non-hydrogen) atoms. The molecule has 0 spiro atoms. The largest absolute Gasteiger partial charge is 0.362 e. The molecule has 3 heteroatoms. The highest BCUT2D eigenvalue weighted by atomic mass is 79.9. The summed E-state index contributed by atoms with van der Waals surface area (Å²) in [7, 11) is 0. The highest BCUT2D eigenvalue weighted by Crippen LogP contribution is 2.45. The third kappa shape index (κ3) is 3.36. The van der Waals surface area contributed by atoms with E-state index >= 15 is 0 Å². The number of rotatable bonds is 2. The number of hydrogen-bond acceptors (Lipinski definition) is 2. The van der Waals surface area contributed by atoms with Crippen molar-refractivity contribution in [1.29, 1.82) is 0 Å². The predicted molar refractivity (Wildman–Crippen MR) is 104 cm³/mol. The van der Waals surface area contributed by atoms with Crippen molar-refractivity contribution >= 4 is 21.7 Å². The normalized spacial score (nSPS) is 26.3. The van der Waals surface area contributed by atoms with E-state index in [1.165, 1.54) is 5.92 Å². The number of benzene rings is 1. The molecule has 1 aromatic carbocycles. The molecular formula is C22H21BrNO. The van der Waals surface area contributed by atoms with E-state index in [-0.39, 0.29) is 17.1 Å². The van der Waals surface area contributed by atoms with E-state index in [9.17, 15) is 4.79 Å². The fourth-order valence-electron chi connectivity index (χ4n) is 3.92. The Kier molecular flexibility index (Phi) is 4.39. The molecule has 127 valence electrons. The van der Waals surface area contributed by atoms with Gasteiger partial charge >= 0.3 is 0 Å². The van der Waals surface area contributed by atoms with Crippen LogP contribution >= 0.6 is 15.9 Å². The minimum Gasteiger partial charge on any atom is -0.362 e. The Morgan fingerprint density at radius 2 is 1.76 bits per heavy atom. The summed E-state index contributed by atoms with van der Waals surface area (Å²) in [6, 6.07) is 8.31. The first-order valence-corrected chi connectivity index (χ1v) is 9.45. The zero-order valence-corrected chi connectivity index (χ0v) is 16.1. The second-order valence-electron chi connectivity index (χ2n) is 7.74. The van der Waals surface area contributed by atoms with Gasteiger partial charge in [-0.1, -0.05) is 48.0 Å². The van der Waals surface area contributed by atoms with Gasteiger partial charge in [0.15, 0.2) is 5.78 Å². The van der Waals surface area contributed by atoms with Crippen molar-refractivity contribution in [1.82, 2.24) is 5.32 Å². The first kappa shape index (κ1) is 17.1. The molecule has 0 saturated heterocycles. The van der Waals surface area contributed by atoms with E-state index in [0.717, 1.165) is 33.4 Å². The van der Waals surface area contributed by atoms with Crippen molar-refractivity contribution < 1.29 is 4.79 Å². The Hall–Kier alpha value is -1.35. The quantitative estimate of drug-likeness (QED) is 0.758. The minimum atomic E-state index is 0.00164. The van der Waals surface area contributed by atoms with Gasteiger partial charge in [-0.3, -0.25) is 4.79 Å². The molecule has 1 unspecified atom stereocenters. The Bertz CT molecular complexity index is 751. The third-order valence-electron chi connectivity index (χ3n) is 5.05. The van der Waals surface area contributed by atoms with E-state index in [0.29, 0.717) is 6.42 Å². The number of ketones is 1. The summed E-state index contributed by atoms with van der Waals surface area (Å²) in [4.78, 5) is 13.0. The molecule has 1 fully saturated rings. The van der Waals surface area contributed by atoms with Gasteiger partial charge in [-0.15, -0.1) is 0 Å². The number of nitrogens with one attached hydrogen (secondary N) is 1. The summed E-state index contributed by atoms with van der Waals surface area (Å²) in [5.41, 5.74) is 4.29. The molecule has 1 aromatic rings. The summed E-state index contributed by atoms with van der Waals surface area (Å²) < 4.78 is 1.05. The van der Waals surface area contributed by atoms with Crippen LogP contribution in [0.1, 0.15) is 38.2 Å². The summed E-state index contributed by atoms with van der Waals surface area (Å²) in [5.74, 6) is 1.45. The molecule has 0 amide bonds. The zero-order valence-electron chi connectivity index (χ0n) is 14.5. The van der Waals surface area contributed by atoms with Crippen LogP contribution in [0.3, 0.4) is 0 Å². The number of hydrogen-bond donors (Lipinski definition) is 1. The molecule has 3 aliphatic rings. The molecule has 1 saturated carbocycles. The molecule has 1 atom stereocenters. The van der Waals surface area contributed by atoms with Crippen LogP contribution in [0.15, 0.2) is 51.8 Å². The molecule has 1 aliphatic heterocycles. The average Bonchev–Trinajstić information content (AvgIpc) is 3.07. The van der Waals surface area contributed by atoms with Crippen LogP contribution in [-0.2, 0) is 4.79 Å². The van der Waals surface area contributed by atoms with Crippen LogP contribution in [0.25, 0.3) is 0 Å². The van der Waals surface area contributed by atoms with Gasteiger partial charge in [0.1, 0.15) is 0 Å². The second-order valence-corrected chi connectivity index (χ2v) is 8.66. The van der Waals surface area contributed by atoms with Gasteiger partial charge in [0.25, 0.3) is 0 Å². The lowest BCUT2D eigenvalue weighted by Gasteiger charge is -2.39. The van der Waals surface area contributed by atoms with Crippen molar-refractivity contribution in [3.05, 3.63) is 88.9 Å². The minimum absolute atomic E-state index is 0.00164. The lowest BCUT2D eigenvalue weighted by molar-refractivity contribution is -0.118. The Morgan fingerprint density at radius 3 is 2.44 bits per heavy atom. The Labute approximate surface area is 158 Å². The van der Waals surface area contributed by atoms with E-state index in [2.05, 4.69) is 66.1 Å². The van der Waals surface area contributed by atoms with Crippen molar-refractivity contribution in [3.63, 3.8) is 0 Å². The summed E-state index contributed by atoms with van der Waals surface area (Å²) >= 11 is 3.50. The summed E-state index contributed by atoms with van der Waals surface area (Å²) in [6.45, 7) is 4.34. The highest BCUT2D eigenvalue weighted by molar-refractivity contribution is 9.10. The van der Waals surface area contributed by atoms with Crippen LogP contribution in [0.5, 0.6) is 0 Å². The number of dihydropyridines is 1. The zero-order chi connectivity index (χ0) is 17.6. The number of halogens is 1. The van der Waals surface area contributed by atoms with E-state index in [4.69, 9.17) is 0 Å². The maximum Gasteiger partial charge on any atom is 0.162 e. The van der Waals surface area contributed by atoms with Gasteiger partial charge in [0, 0.05) is 39.7 Å². The lowest BCUT2D eigenvalue weighted by atomic mass is 9.70. The van der Waals surface area contributed by atoms with Gasteiger partial charge in [-0.2, -0.15) is 0 Å². The van der Waals surface area contributed by atoms with Gasteiger partial charge in [0.2, 0.25) is 0 Å². The maximum absolute atomic E-state index is 13.0. The number of carbonyl (C=O) groups excluding carboxylic acids is 1. The average molecular weight is 395 g/mol. The molecule has 0 bridgehead atoms. The van der Waals surface area contributed by atoms with Crippen LogP contribution in [-0.4, -0.2) is 5.78 Å². The van der Waals surface area contributed by atoms with Crippen LogP contribution in [0, 0.1) is 37.0 Å². The fourth-order valence-corrected chi connectivity index (χ4v) is 4.18. The monoisotopic (exact) mass is 394 g/mol. The topological polar surface area (TPSA) is 29.1 Å². The fraction of sp³-hybridized carbons (Fsp3) is 0.273. The Balaban J connectivity index is 1.77. The van der Waals surface area contributed by atoms with Crippen molar-refractivity contribution in [3.8, 4) is 0 Å². The lowest BCUT2D eigenvalue weighted by Crippen LogP contribution is -2.36. The van der Waals surface area contributed by atoms with Crippen molar-refractivity contribution in [2.24, 2.45) is 5.41 Å². The third-order valence-corrected chi connectivity index (χ3v) is 5.58. The standard InChI is InChI=1S/C22H21BrNO/c1-22(2)12-19-21(20(25)13-22)17(14-7-9-16(23)10-8-14)11-18(24-19)15-5-3-4-6-15/h3-11,17,24H,12-13H2,1-2H3. The first-order valence-electron chi connectivity index (χ1n) is 8.66. The van der Waals surface area contributed by atoms with Crippen molar-refractivity contribution in [2.75, 3.05) is 0 Å². The molecule has 5 radical (unpaired) electrons. The second kappa shape index (κ2) is 6.42. The molecule has 4 rings (SSSR count). The van der Waals surface area contributed by atoms with Gasteiger partial charge in [-0.25, -0.2) is 0 Å². The van der Waals surface area contributed by atoms with E-state index in [1.54, 1.807) is 0 Å². The van der Waals surface area contributed by atoms with Crippen LogP contribution in [0.4, 0.5) is 0 Å². The van der Waals surface area contributed by atoms with Crippen molar-refractivity contribution in [2.45, 2.75) is 32.6 Å². The summed E-state index contributed by atoms with van der Waals surface area (Å²) in [6.07, 6.45) is 12.0. The van der Waals surface area contributed by atoms with Crippen LogP contribution < -0.4 is 5.32 Å². The number of allylic oxidation sites excluding steroid dienone is 4. The molecule has 2 nitrogen and oxygen atoms in total. The molecular weight excluding hydrogens is 374 g/mol. The smallest absolute Gasteiger partial charge is 0.162 e. The highest BCUT2D eigenvalue weighted by Gasteiger charge is 2.39. The molecule has 1 heterocycles. The summed E-state index contributed by atoms with van der Waals surface area (Å²) in [5, 5.41) is 3.57. The maximum atomic E-state index is 13.0. The Morgan fingerprint density at radius 1 is 1.08 bits per heavy atom. The van der Waals surface area contributed by atoms with E-state index < -0.39 is 0 Å². The van der Waals surface area contributed by atoms with E-state index in [1.807, 2.05) is 25.0 Å². The SMILES string of the molecule is CC1(C)CC(=O)C2=C(C1)NC([C]1[CH][CH][CH][CH]1)=CC2c1ccc(Br)cc1. The molecule has 2 aliphatic carbocycles. The van der Waals surface area contributed by atoms with Gasteiger partial charge < -0.3 is 5.32 Å². The van der Waals surface area contributed by atoms with Gasteiger partial charge in [-0.05, 0) is 55.2 Å². The number of Topliss-reactive ketones (excluding diaryl/α,β-unsaturated/α-hetero) is 1. The van der Waals surface area contributed by atoms with Crippen LogP contribution in [0.2, 0.25) is 0 Å². The van der Waals surface area contributed by atoms with Gasteiger partial charge in [0.05, 0.1) is 0 Å². The molecule has 0 aromatic heterocycles. The first-order chi connectivity index (χ1) is 11.9. The predicted octanol–water partition coefficient (Wildman–Crippen LogP) is 5.07.